The molecule has 2 fully saturated rings. The van der Waals surface area contributed by atoms with Crippen molar-refractivity contribution in [2.75, 3.05) is 13.1 Å². The second-order valence-corrected chi connectivity index (χ2v) is 7.31. The summed E-state index contributed by atoms with van der Waals surface area (Å²) in [4.78, 5) is 24.6. The van der Waals surface area contributed by atoms with Gasteiger partial charge in [0, 0.05) is 13.1 Å². The van der Waals surface area contributed by atoms with Crippen LogP contribution >= 0.6 is 0 Å². The number of carbonyl (C=O) groups excluding carboxylic acids is 1. The van der Waals surface area contributed by atoms with Gasteiger partial charge in [0.2, 0.25) is 0 Å². The van der Waals surface area contributed by atoms with E-state index in [0.29, 0.717) is 19.0 Å². The van der Waals surface area contributed by atoms with E-state index < -0.39 is 11.6 Å². The Hall–Kier alpha value is -1.26. The monoisotopic (exact) mass is 269 g/mol. The minimum atomic E-state index is -0.717. The number of hydrogen-bond acceptors (Lipinski definition) is 3. The second kappa shape index (κ2) is 4.12. The molecule has 2 rings (SSSR count). The van der Waals surface area contributed by atoms with Crippen LogP contribution in [0.15, 0.2) is 0 Å². The normalized spacial score (nSPS) is 29.6. The average Bonchev–Trinajstić information content (AvgIpc) is 2.62. The van der Waals surface area contributed by atoms with Crippen LogP contribution in [0.5, 0.6) is 0 Å². The van der Waals surface area contributed by atoms with Gasteiger partial charge in [-0.1, -0.05) is 13.8 Å². The van der Waals surface area contributed by atoms with Crippen LogP contribution in [0.2, 0.25) is 0 Å². The smallest absolute Gasteiger partial charge is 0.410 e. The molecule has 108 valence electrons. The molecule has 0 spiro atoms. The van der Waals surface area contributed by atoms with Gasteiger partial charge in [0.15, 0.2) is 0 Å². The number of amides is 1. The lowest BCUT2D eigenvalue weighted by molar-refractivity contribution is -0.139. The maximum absolute atomic E-state index is 11.8. The first-order chi connectivity index (χ1) is 8.54. The van der Waals surface area contributed by atoms with E-state index in [2.05, 4.69) is 0 Å². The summed E-state index contributed by atoms with van der Waals surface area (Å²) in [7, 11) is 0. The fourth-order valence-corrected chi connectivity index (χ4v) is 3.24. The average molecular weight is 269 g/mol. The molecule has 2 aliphatic rings. The first kappa shape index (κ1) is 14.2. The Morgan fingerprint density at radius 3 is 2.16 bits per heavy atom. The van der Waals surface area contributed by atoms with Crippen LogP contribution in [0.1, 0.15) is 34.6 Å². The molecule has 5 nitrogen and oxygen atoms in total. The van der Waals surface area contributed by atoms with E-state index in [1.54, 1.807) is 4.90 Å². The number of aliphatic carboxylic acids is 1. The highest BCUT2D eigenvalue weighted by molar-refractivity contribution is 5.76. The van der Waals surface area contributed by atoms with Crippen molar-refractivity contribution >= 4 is 12.1 Å². The standard InChI is InChI=1S/C14H23NO4/c1-13(2,3)19-12(18)15-6-8(7-15)9-10(11(16)17)14(9,4)5/h8-10H,6-7H2,1-5H3,(H,16,17)/t9-,10+/m1/s1. The van der Waals surface area contributed by atoms with Crippen molar-refractivity contribution in [3.63, 3.8) is 0 Å². The quantitative estimate of drug-likeness (QED) is 0.834. The number of carbonyl (C=O) groups is 2. The van der Waals surface area contributed by atoms with Gasteiger partial charge in [-0.05, 0) is 38.0 Å². The number of ether oxygens (including phenoxy) is 1. The highest BCUT2D eigenvalue weighted by Gasteiger charge is 2.66. The molecule has 1 heterocycles. The van der Waals surface area contributed by atoms with E-state index in [0.717, 1.165) is 0 Å². The van der Waals surface area contributed by atoms with Crippen LogP contribution < -0.4 is 0 Å². The van der Waals surface area contributed by atoms with Crippen molar-refractivity contribution in [3.8, 4) is 0 Å². The predicted octanol–water partition coefficient (Wildman–Crippen LogP) is 2.21. The van der Waals surface area contributed by atoms with Crippen molar-refractivity contribution in [2.45, 2.75) is 40.2 Å². The fraction of sp³-hybridized carbons (Fsp3) is 0.857. The van der Waals surface area contributed by atoms with E-state index >= 15 is 0 Å². The first-order valence-corrected chi connectivity index (χ1v) is 6.75. The highest BCUT2D eigenvalue weighted by atomic mass is 16.6. The molecule has 0 aromatic heterocycles. The molecule has 0 aromatic carbocycles. The number of hydrogen-bond donors (Lipinski definition) is 1. The third-order valence-electron chi connectivity index (χ3n) is 4.25. The number of nitrogens with zero attached hydrogens (tertiary/aromatic N) is 1. The minimum Gasteiger partial charge on any atom is -0.481 e. The molecule has 0 unspecified atom stereocenters. The largest absolute Gasteiger partial charge is 0.481 e. The van der Waals surface area contributed by atoms with Gasteiger partial charge in [-0.2, -0.15) is 0 Å². The SMILES string of the molecule is CC(C)(C)OC(=O)N1CC([C@@H]2[C@@H](C(=O)O)C2(C)C)C1. The van der Waals surface area contributed by atoms with Gasteiger partial charge in [0.05, 0.1) is 5.92 Å². The molecule has 19 heavy (non-hydrogen) atoms. The summed E-state index contributed by atoms with van der Waals surface area (Å²) in [5.74, 6) is -0.503. The van der Waals surface area contributed by atoms with Crippen LogP contribution in [0.3, 0.4) is 0 Å². The summed E-state index contributed by atoms with van der Waals surface area (Å²) in [5.41, 5.74) is -0.624. The molecule has 2 atom stereocenters. The highest BCUT2D eigenvalue weighted by Crippen LogP contribution is 2.63. The van der Waals surface area contributed by atoms with Crippen LogP contribution in [-0.2, 0) is 9.53 Å². The molecular weight excluding hydrogens is 246 g/mol. The van der Waals surface area contributed by atoms with Crippen molar-refractivity contribution in [2.24, 2.45) is 23.2 Å². The van der Waals surface area contributed by atoms with Gasteiger partial charge in [0.25, 0.3) is 0 Å². The number of carboxylic acid groups (broad SMARTS) is 1. The molecule has 1 saturated heterocycles. The Balaban J connectivity index is 1.85. The van der Waals surface area contributed by atoms with Crippen LogP contribution in [0.4, 0.5) is 4.79 Å². The summed E-state index contributed by atoms with van der Waals surface area (Å²) in [6, 6.07) is 0. The lowest BCUT2D eigenvalue weighted by Crippen LogP contribution is -2.52. The van der Waals surface area contributed by atoms with Crippen LogP contribution in [0, 0.1) is 23.2 Å². The zero-order valence-electron chi connectivity index (χ0n) is 12.3. The van der Waals surface area contributed by atoms with E-state index in [9.17, 15) is 9.59 Å². The van der Waals surface area contributed by atoms with E-state index in [-0.39, 0.29) is 23.3 Å². The molecule has 5 heteroatoms. The Bertz CT molecular complexity index is 404. The zero-order chi connectivity index (χ0) is 14.6. The zero-order valence-corrected chi connectivity index (χ0v) is 12.3. The summed E-state index contributed by atoms with van der Waals surface area (Å²) in [6.45, 7) is 10.7. The van der Waals surface area contributed by atoms with E-state index in [1.807, 2.05) is 34.6 Å². The van der Waals surface area contributed by atoms with E-state index in [1.165, 1.54) is 0 Å². The van der Waals surface area contributed by atoms with Gasteiger partial charge in [-0.3, -0.25) is 4.79 Å². The third kappa shape index (κ3) is 2.55. The third-order valence-corrected chi connectivity index (χ3v) is 4.25. The molecule has 0 radical (unpaired) electrons. The van der Waals surface area contributed by atoms with Gasteiger partial charge < -0.3 is 14.7 Å². The molecule has 1 saturated carbocycles. The van der Waals surface area contributed by atoms with Crippen molar-refractivity contribution in [3.05, 3.63) is 0 Å². The van der Waals surface area contributed by atoms with Crippen molar-refractivity contribution < 1.29 is 19.4 Å². The molecular formula is C14H23NO4. The topological polar surface area (TPSA) is 66.8 Å². The maximum atomic E-state index is 11.8. The lowest BCUT2D eigenvalue weighted by Gasteiger charge is -2.40. The van der Waals surface area contributed by atoms with Crippen molar-refractivity contribution in [1.82, 2.24) is 4.90 Å². The minimum absolute atomic E-state index is 0.142. The second-order valence-electron chi connectivity index (χ2n) is 7.31. The van der Waals surface area contributed by atoms with Gasteiger partial charge in [-0.25, -0.2) is 4.79 Å². The lowest BCUT2D eigenvalue weighted by atomic mass is 9.90. The summed E-state index contributed by atoms with van der Waals surface area (Å²) in [5, 5.41) is 9.15. The number of carboxylic acids is 1. The number of rotatable bonds is 2. The Kier molecular flexibility index (Phi) is 3.07. The predicted molar refractivity (Wildman–Crippen MR) is 69.7 cm³/mol. The number of likely N-dealkylation sites (tertiary alicyclic amines) is 1. The molecule has 1 aliphatic heterocycles. The Morgan fingerprint density at radius 1 is 1.26 bits per heavy atom. The molecule has 0 bridgehead atoms. The molecule has 0 aromatic rings. The Labute approximate surface area is 113 Å². The van der Waals surface area contributed by atoms with Gasteiger partial charge in [-0.15, -0.1) is 0 Å². The first-order valence-electron chi connectivity index (χ1n) is 6.75. The summed E-state index contributed by atoms with van der Waals surface area (Å²) in [6.07, 6.45) is -0.297. The van der Waals surface area contributed by atoms with Crippen LogP contribution in [0.25, 0.3) is 0 Å². The fourth-order valence-electron chi connectivity index (χ4n) is 3.24. The summed E-state index contributed by atoms with van der Waals surface area (Å²) < 4.78 is 5.29. The summed E-state index contributed by atoms with van der Waals surface area (Å²) >= 11 is 0. The Morgan fingerprint density at radius 2 is 1.79 bits per heavy atom. The molecule has 1 N–H and O–H groups in total. The van der Waals surface area contributed by atoms with E-state index in [4.69, 9.17) is 9.84 Å². The molecule has 1 aliphatic carbocycles. The van der Waals surface area contributed by atoms with Crippen molar-refractivity contribution in [1.29, 1.82) is 0 Å². The van der Waals surface area contributed by atoms with Crippen LogP contribution in [-0.4, -0.2) is 40.8 Å². The van der Waals surface area contributed by atoms with Gasteiger partial charge in [0.1, 0.15) is 5.60 Å². The maximum Gasteiger partial charge on any atom is 0.410 e. The molecule has 1 amide bonds. The van der Waals surface area contributed by atoms with Gasteiger partial charge >= 0.3 is 12.1 Å².